The molecule has 6 nitrogen and oxygen atoms in total. The summed E-state index contributed by atoms with van der Waals surface area (Å²) in [6.07, 6.45) is -1.04. The van der Waals surface area contributed by atoms with E-state index in [2.05, 4.69) is 5.32 Å². The normalized spacial score (nSPS) is 18.7. The maximum atomic E-state index is 12.9. The molecule has 0 saturated carbocycles. The Labute approximate surface area is 119 Å². The number of halogens is 2. The van der Waals surface area contributed by atoms with Gasteiger partial charge < -0.3 is 20.1 Å². The quantitative estimate of drug-likeness (QED) is 0.873. The standard InChI is InChI=1S/C12H12ClFN2O4/c13-8-5-7(14)1-2-9(8)15-12(19)16-3-4-20-10(6-16)11(17)18/h1-2,5,10H,3-4,6H2,(H,15,19)(H,17,18). The molecule has 1 atom stereocenters. The van der Waals surface area contributed by atoms with Gasteiger partial charge in [0.15, 0.2) is 6.10 Å². The highest BCUT2D eigenvalue weighted by atomic mass is 35.5. The molecule has 2 N–H and O–H groups in total. The summed E-state index contributed by atoms with van der Waals surface area (Å²) in [5.41, 5.74) is 0.261. The molecular weight excluding hydrogens is 291 g/mol. The van der Waals surface area contributed by atoms with Gasteiger partial charge in [0.05, 0.1) is 23.9 Å². The zero-order valence-electron chi connectivity index (χ0n) is 10.3. The highest BCUT2D eigenvalue weighted by Crippen LogP contribution is 2.23. The van der Waals surface area contributed by atoms with E-state index in [4.69, 9.17) is 21.4 Å². The predicted molar refractivity (Wildman–Crippen MR) is 69.4 cm³/mol. The highest BCUT2D eigenvalue weighted by Gasteiger charge is 2.29. The van der Waals surface area contributed by atoms with E-state index in [1.807, 2.05) is 0 Å². The molecule has 2 rings (SSSR count). The van der Waals surface area contributed by atoms with Crippen molar-refractivity contribution in [1.82, 2.24) is 4.90 Å². The number of morpholine rings is 1. The number of aliphatic carboxylic acids is 1. The minimum Gasteiger partial charge on any atom is -0.479 e. The zero-order chi connectivity index (χ0) is 14.7. The van der Waals surface area contributed by atoms with Crippen LogP contribution in [0.2, 0.25) is 5.02 Å². The van der Waals surface area contributed by atoms with Crippen LogP contribution in [0.4, 0.5) is 14.9 Å². The lowest BCUT2D eigenvalue weighted by Crippen LogP contribution is -2.49. The number of carboxylic acid groups (broad SMARTS) is 1. The van der Waals surface area contributed by atoms with E-state index >= 15 is 0 Å². The Kier molecular flexibility index (Phi) is 4.41. The smallest absolute Gasteiger partial charge is 0.334 e. The van der Waals surface area contributed by atoms with Crippen molar-refractivity contribution in [3.63, 3.8) is 0 Å². The van der Waals surface area contributed by atoms with Gasteiger partial charge in [0.1, 0.15) is 5.82 Å². The molecule has 1 aliphatic heterocycles. The molecule has 1 heterocycles. The summed E-state index contributed by atoms with van der Waals surface area (Å²) >= 11 is 5.80. The summed E-state index contributed by atoms with van der Waals surface area (Å²) in [6, 6.07) is 3.08. The van der Waals surface area contributed by atoms with Gasteiger partial charge in [0, 0.05) is 6.54 Å². The van der Waals surface area contributed by atoms with Crippen molar-refractivity contribution in [3.05, 3.63) is 29.0 Å². The van der Waals surface area contributed by atoms with Crippen molar-refractivity contribution in [2.75, 3.05) is 25.0 Å². The minimum atomic E-state index is -1.12. The largest absolute Gasteiger partial charge is 0.479 e. The van der Waals surface area contributed by atoms with Gasteiger partial charge in [0.25, 0.3) is 0 Å². The zero-order valence-corrected chi connectivity index (χ0v) is 11.1. The molecule has 0 spiro atoms. The van der Waals surface area contributed by atoms with Crippen LogP contribution in [-0.2, 0) is 9.53 Å². The van der Waals surface area contributed by atoms with Crippen LogP contribution in [0.5, 0.6) is 0 Å². The summed E-state index contributed by atoms with van der Waals surface area (Å²) in [5.74, 6) is -1.63. The molecule has 1 unspecified atom stereocenters. The maximum Gasteiger partial charge on any atom is 0.334 e. The van der Waals surface area contributed by atoms with E-state index in [-0.39, 0.29) is 30.4 Å². The number of carboxylic acids is 1. The molecule has 1 aromatic carbocycles. The predicted octanol–water partition coefficient (Wildman–Crippen LogP) is 1.80. The van der Waals surface area contributed by atoms with Crippen LogP contribution in [0.1, 0.15) is 0 Å². The summed E-state index contributed by atoms with van der Waals surface area (Å²) in [6.45, 7) is 0.357. The molecule has 1 saturated heterocycles. The second-order valence-corrected chi connectivity index (χ2v) is 4.61. The highest BCUT2D eigenvalue weighted by molar-refractivity contribution is 6.33. The first kappa shape index (κ1) is 14.5. The van der Waals surface area contributed by atoms with Crippen LogP contribution in [-0.4, -0.2) is 47.8 Å². The van der Waals surface area contributed by atoms with E-state index in [0.717, 1.165) is 6.07 Å². The molecule has 108 valence electrons. The topological polar surface area (TPSA) is 78.9 Å². The van der Waals surface area contributed by atoms with Crippen molar-refractivity contribution < 1.29 is 23.8 Å². The molecule has 20 heavy (non-hydrogen) atoms. The van der Waals surface area contributed by atoms with Crippen LogP contribution >= 0.6 is 11.6 Å². The molecule has 0 aliphatic carbocycles. The van der Waals surface area contributed by atoms with Crippen LogP contribution < -0.4 is 5.32 Å². The van der Waals surface area contributed by atoms with Crippen molar-refractivity contribution >= 4 is 29.3 Å². The number of hydrogen-bond acceptors (Lipinski definition) is 3. The van der Waals surface area contributed by atoms with Crippen molar-refractivity contribution in [1.29, 1.82) is 0 Å². The Morgan fingerprint density at radius 3 is 2.90 bits per heavy atom. The Morgan fingerprint density at radius 2 is 2.25 bits per heavy atom. The van der Waals surface area contributed by atoms with Crippen molar-refractivity contribution in [3.8, 4) is 0 Å². The lowest BCUT2D eigenvalue weighted by atomic mass is 10.3. The summed E-state index contributed by atoms with van der Waals surface area (Å²) < 4.78 is 17.9. The van der Waals surface area contributed by atoms with Crippen molar-refractivity contribution in [2.45, 2.75) is 6.10 Å². The third-order valence-electron chi connectivity index (χ3n) is 2.80. The number of benzene rings is 1. The maximum absolute atomic E-state index is 12.9. The average molecular weight is 303 g/mol. The summed E-state index contributed by atoms with van der Waals surface area (Å²) in [4.78, 5) is 24.1. The molecular formula is C12H12ClFN2O4. The Morgan fingerprint density at radius 1 is 1.50 bits per heavy atom. The number of urea groups is 1. The molecule has 1 aromatic rings. The first-order valence-electron chi connectivity index (χ1n) is 5.83. The Hall–Kier alpha value is -1.86. The molecule has 8 heteroatoms. The van der Waals surface area contributed by atoms with Crippen LogP contribution in [0.3, 0.4) is 0 Å². The number of amides is 2. The summed E-state index contributed by atoms with van der Waals surface area (Å²) in [7, 11) is 0. The number of rotatable bonds is 2. The minimum absolute atomic E-state index is 0.0556. The van der Waals surface area contributed by atoms with Crippen LogP contribution in [0.25, 0.3) is 0 Å². The van der Waals surface area contributed by atoms with E-state index < -0.39 is 23.9 Å². The first-order chi connectivity index (χ1) is 9.47. The molecule has 1 aliphatic rings. The average Bonchev–Trinajstić information content (AvgIpc) is 2.42. The van der Waals surface area contributed by atoms with Crippen LogP contribution in [0, 0.1) is 5.82 Å². The number of carbonyl (C=O) groups is 2. The van der Waals surface area contributed by atoms with Gasteiger partial charge in [-0.25, -0.2) is 14.0 Å². The number of ether oxygens (including phenoxy) is 1. The van der Waals surface area contributed by atoms with Gasteiger partial charge in [-0.05, 0) is 18.2 Å². The fourth-order valence-electron chi connectivity index (χ4n) is 1.77. The molecule has 2 amide bonds. The molecule has 0 aromatic heterocycles. The van der Waals surface area contributed by atoms with Gasteiger partial charge in [-0.15, -0.1) is 0 Å². The number of carbonyl (C=O) groups excluding carboxylic acids is 1. The van der Waals surface area contributed by atoms with Gasteiger partial charge in [-0.1, -0.05) is 11.6 Å². The van der Waals surface area contributed by atoms with Gasteiger partial charge in [0.2, 0.25) is 0 Å². The Bertz CT molecular complexity index is 540. The molecule has 0 radical (unpaired) electrons. The number of anilines is 1. The first-order valence-corrected chi connectivity index (χ1v) is 6.20. The second kappa shape index (κ2) is 6.06. The monoisotopic (exact) mass is 302 g/mol. The van der Waals surface area contributed by atoms with E-state index in [1.165, 1.54) is 17.0 Å². The lowest BCUT2D eigenvalue weighted by molar-refractivity contribution is -0.154. The van der Waals surface area contributed by atoms with Gasteiger partial charge in [-0.2, -0.15) is 0 Å². The van der Waals surface area contributed by atoms with E-state index in [0.29, 0.717) is 0 Å². The SMILES string of the molecule is O=C(O)C1CN(C(=O)Nc2ccc(F)cc2Cl)CCO1. The van der Waals surface area contributed by atoms with Crippen molar-refractivity contribution in [2.24, 2.45) is 0 Å². The molecule has 0 bridgehead atoms. The second-order valence-electron chi connectivity index (χ2n) is 4.20. The van der Waals surface area contributed by atoms with E-state index in [1.54, 1.807) is 0 Å². The van der Waals surface area contributed by atoms with Gasteiger partial charge >= 0.3 is 12.0 Å². The van der Waals surface area contributed by atoms with Crippen LogP contribution in [0.15, 0.2) is 18.2 Å². The van der Waals surface area contributed by atoms with Gasteiger partial charge in [-0.3, -0.25) is 0 Å². The summed E-state index contributed by atoms with van der Waals surface area (Å²) in [5, 5.41) is 11.4. The lowest BCUT2D eigenvalue weighted by Gasteiger charge is -2.30. The third-order valence-corrected chi connectivity index (χ3v) is 3.11. The Balaban J connectivity index is 2.02. The fraction of sp³-hybridized carbons (Fsp3) is 0.333. The van der Waals surface area contributed by atoms with E-state index in [9.17, 15) is 14.0 Å². The molecule has 1 fully saturated rings. The number of hydrogen-bond donors (Lipinski definition) is 2. The number of nitrogens with zero attached hydrogens (tertiary/aromatic N) is 1. The third kappa shape index (κ3) is 3.37. The fourth-order valence-corrected chi connectivity index (χ4v) is 1.98. The number of nitrogens with one attached hydrogen (secondary N) is 1.